The molecule has 16 heteroatoms. The van der Waals surface area contributed by atoms with Crippen molar-refractivity contribution in [3.05, 3.63) is 42.1 Å². The maximum atomic E-state index is 14.4. The second kappa shape index (κ2) is 13.6. The van der Waals surface area contributed by atoms with E-state index in [0.29, 0.717) is 23.3 Å². The van der Waals surface area contributed by atoms with E-state index in [1.807, 2.05) is 0 Å². The highest BCUT2D eigenvalue weighted by atomic mass is 16.3. The summed E-state index contributed by atoms with van der Waals surface area (Å²) in [4.78, 5) is 78.5. The molecule has 2 aliphatic rings. The predicted octanol–water partition coefficient (Wildman–Crippen LogP) is -0.0747. The highest BCUT2D eigenvalue weighted by Gasteiger charge is 2.44. The molecule has 46 heavy (non-hydrogen) atoms. The molecule has 0 unspecified atom stereocenters. The van der Waals surface area contributed by atoms with Gasteiger partial charge in [0.05, 0.1) is 30.0 Å². The first-order chi connectivity index (χ1) is 21.9. The number of primary amides is 1. The van der Waals surface area contributed by atoms with Crippen LogP contribution in [0.4, 0.5) is 0 Å². The molecular formula is C30H38N10O6. The van der Waals surface area contributed by atoms with E-state index in [0.717, 1.165) is 32.1 Å². The van der Waals surface area contributed by atoms with Gasteiger partial charge in [0.15, 0.2) is 5.65 Å². The molecule has 0 spiro atoms. The summed E-state index contributed by atoms with van der Waals surface area (Å²) in [6.07, 6.45) is 11.2. The molecule has 2 fully saturated rings. The zero-order chi connectivity index (χ0) is 33.0. The van der Waals surface area contributed by atoms with Crippen LogP contribution in [0.1, 0.15) is 80.9 Å². The normalized spacial score (nSPS) is 19.5. The fourth-order valence-electron chi connectivity index (χ4n) is 6.21. The molecule has 244 valence electrons. The van der Waals surface area contributed by atoms with Crippen molar-refractivity contribution in [2.45, 2.75) is 82.5 Å². The van der Waals surface area contributed by atoms with Gasteiger partial charge in [-0.1, -0.05) is 37.3 Å². The first-order valence-electron chi connectivity index (χ1n) is 15.3. The van der Waals surface area contributed by atoms with E-state index in [4.69, 9.17) is 5.73 Å². The minimum Gasteiger partial charge on any atom is -0.384 e. The molecule has 1 aliphatic carbocycles. The van der Waals surface area contributed by atoms with E-state index in [1.54, 1.807) is 19.9 Å². The number of pyridine rings is 1. The van der Waals surface area contributed by atoms with Crippen LogP contribution in [-0.4, -0.2) is 94.5 Å². The number of nitrogens with one attached hydrogen (secondary N) is 2. The molecule has 3 atom stereocenters. The number of aliphatic hydroxyl groups is 1. The number of hydrogen-bond donors (Lipinski definition) is 4. The number of rotatable bonds is 11. The number of likely N-dealkylation sites (tertiary alicyclic amines) is 1. The zero-order valence-electron chi connectivity index (χ0n) is 25.8. The maximum absolute atomic E-state index is 14.4. The van der Waals surface area contributed by atoms with Crippen LogP contribution in [0.15, 0.2) is 30.9 Å². The fourth-order valence-corrected chi connectivity index (χ4v) is 6.21. The average molecular weight is 635 g/mol. The topological polar surface area (TPSA) is 228 Å². The van der Waals surface area contributed by atoms with E-state index in [9.17, 15) is 29.1 Å². The van der Waals surface area contributed by atoms with Crippen LogP contribution in [0.2, 0.25) is 0 Å². The second-order valence-electron chi connectivity index (χ2n) is 12.4. The minimum atomic E-state index is -1.32. The molecule has 5 rings (SSSR count). The van der Waals surface area contributed by atoms with Gasteiger partial charge >= 0.3 is 0 Å². The van der Waals surface area contributed by atoms with Crippen molar-refractivity contribution in [1.29, 1.82) is 0 Å². The van der Waals surface area contributed by atoms with Gasteiger partial charge in [0.2, 0.25) is 17.6 Å². The van der Waals surface area contributed by atoms with Crippen LogP contribution in [0, 0.1) is 5.92 Å². The Hall–Kier alpha value is -4.86. The van der Waals surface area contributed by atoms with Gasteiger partial charge in [-0.05, 0) is 32.3 Å². The molecule has 0 bridgehead atoms. The number of aromatic nitrogens is 6. The summed E-state index contributed by atoms with van der Waals surface area (Å²) < 4.78 is 1.48. The van der Waals surface area contributed by atoms with Crippen molar-refractivity contribution < 1.29 is 29.1 Å². The smallest absolute Gasteiger partial charge is 0.286 e. The van der Waals surface area contributed by atoms with Crippen molar-refractivity contribution in [2.24, 2.45) is 11.7 Å². The number of hydrogen-bond acceptors (Lipinski definition) is 11. The van der Waals surface area contributed by atoms with E-state index in [2.05, 4.69) is 35.9 Å². The first-order valence-corrected chi connectivity index (χ1v) is 15.3. The van der Waals surface area contributed by atoms with Crippen LogP contribution in [-0.2, 0) is 24.8 Å². The van der Waals surface area contributed by atoms with E-state index in [-0.39, 0.29) is 24.4 Å². The van der Waals surface area contributed by atoms with Gasteiger partial charge in [0.1, 0.15) is 23.2 Å². The molecule has 3 aromatic heterocycles. The molecule has 1 aliphatic heterocycles. The quantitative estimate of drug-likeness (QED) is 0.204. The predicted molar refractivity (Wildman–Crippen MR) is 161 cm³/mol. The number of carbonyl (C=O) groups is 5. The Balaban J connectivity index is 1.44. The Morgan fingerprint density at radius 2 is 1.80 bits per heavy atom. The number of carbonyl (C=O) groups excluding carboxylic acids is 5. The average Bonchev–Trinajstić information content (AvgIpc) is 3.71. The van der Waals surface area contributed by atoms with E-state index >= 15 is 0 Å². The summed E-state index contributed by atoms with van der Waals surface area (Å²) in [5, 5.41) is 24.1. The Morgan fingerprint density at radius 3 is 2.52 bits per heavy atom. The maximum Gasteiger partial charge on any atom is 0.286 e. The molecule has 0 radical (unpaired) electrons. The van der Waals surface area contributed by atoms with Gasteiger partial charge < -0.3 is 26.4 Å². The number of Topliss-reactive ketones (excluding diaryl/α,β-unsaturated/α-hetero) is 1. The Labute approximate surface area is 264 Å². The zero-order valence-corrected chi connectivity index (χ0v) is 25.8. The Morgan fingerprint density at radius 1 is 1.07 bits per heavy atom. The van der Waals surface area contributed by atoms with E-state index in [1.165, 1.54) is 34.4 Å². The van der Waals surface area contributed by atoms with Crippen LogP contribution in [0.3, 0.4) is 0 Å². The van der Waals surface area contributed by atoms with Gasteiger partial charge in [-0.3, -0.25) is 29.0 Å². The summed E-state index contributed by atoms with van der Waals surface area (Å²) in [6.45, 7) is 2.53. The summed E-state index contributed by atoms with van der Waals surface area (Å²) in [5.74, 6) is -3.69. The minimum absolute atomic E-state index is 0.0112. The molecule has 16 nitrogen and oxygen atoms in total. The lowest BCUT2D eigenvalue weighted by Crippen LogP contribution is -2.54. The molecule has 4 heterocycles. The fraction of sp³-hybridized carbons (Fsp3) is 0.533. The first kappa shape index (κ1) is 32.5. The van der Waals surface area contributed by atoms with Crippen molar-refractivity contribution in [3.8, 4) is 0 Å². The van der Waals surface area contributed by atoms with Crippen LogP contribution < -0.4 is 16.4 Å². The lowest BCUT2D eigenvalue weighted by atomic mass is 9.84. The third-order valence-corrected chi connectivity index (χ3v) is 8.59. The van der Waals surface area contributed by atoms with Crippen molar-refractivity contribution in [2.75, 3.05) is 13.1 Å². The molecular weight excluding hydrogens is 596 g/mol. The van der Waals surface area contributed by atoms with Crippen molar-refractivity contribution in [1.82, 2.24) is 45.5 Å². The largest absolute Gasteiger partial charge is 0.384 e. The van der Waals surface area contributed by atoms with Crippen molar-refractivity contribution >= 4 is 40.6 Å². The molecule has 5 N–H and O–H groups in total. The second-order valence-corrected chi connectivity index (χ2v) is 12.4. The number of nitrogens with two attached hydrogens (primary N) is 1. The van der Waals surface area contributed by atoms with Gasteiger partial charge in [-0.15, -0.1) is 5.10 Å². The summed E-state index contributed by atoms with van der Waals surface area (Å²) in [6, 6.07) is -1.09. The van der Waals surface area contributed by atoms with Gasteiger partial charge in [-0.2, -0.15) is 0 Å². The molecule has 0 aromatic carbocycles. The highest BCUT2D eigenvalue weighted by Crippen LogP contribution is 2.33. The highest BCUT2D eigenvalue weighted by molar-refractivity contribution is 6.36. The molecule has 1 saturated carbocycles. The van der Waals surface area contributed by atoms with E-state index < -0.39 is 59.7 Å². The standard InChI is InChI=1S/C30H38N10O6/c1-30(2,46)24-15-36-38-40(24)19-12-22(28(44)35-14-23(41)25(31)42)39(16-19)29(45)21(10-17-6-4-3-5-7-17)37-27(43)18-11-20-26(34-13-18)33-9-8-32-20/h8-9,11,13,15,17,19,21-22,46H,3-7,10,12,14,16H2,1-2H3,(H2,31,42)(H,35,44)(H,37,43)/t19-,21+,22-/m0/s1. The van der Waals surface area contributed by atoms with Gasteiger partial charge in [0.25, 0.3) is 11.8 Å². The number of ketones is 1. The van der Waals surface area contributed by atoms with Crippen LogP contribution in [0.25, 0.3) is 11.2 Å². The molecule has 4 amide bonds. The van der Waals surface area contributed by atoms with Crippen molar-refractivity contribution in [3.63, 3.8) is 0 Å². The number of amides is 4. The van der Waals surface area contributed by atoms with Gasteiger partial charge in [0, 0.05) is 31.6 Å². The lowest BCUT2D eigenvalue weighted by molar-refractivity contribution is -0.141. The van der Waals surface area contributed by atoms with Crippen LogP contribution in [0.5, 0.6) is 0 Å². The SMILES string of the molecule is CC(C)(O)c1cnnn1[C@H]1C[C@@H](C(=O)NCC(=O)C(N)=O)N(C(=O)[C@@H](CC2CCCCC2)NC(=O)c2cnc3nccnc3c2)C1. The number of fused-ring (bicyclic) bond motifs is 1. The molecule has 3 aromatic rings. The Kier molecular flexibility index (Phi) is 9.65. The third kappa shape index (κ3) is 7.33. The van der Waals surface area contributed by atoms with Crippen LogP contribution >= 0.6 is 0 Å². The third-order valence-electron chi connectivity index (χ3n) is 8.59. The summed E-state index contributed by atoms with van der Waals surface area (Å²) in [5.41, 5.74) is 5.11. The lowest BCUT2D eigenvalue weighted by Gasteiger charge is -2.31. The Bertz CT molecular complexity index is 1630. The monoisotopic (exact) mass is 634 g/mol. The molecule has 1 saturated heterocycles. The summed E-state index contributed by atoms with van der Waals surface area (Å²) >= 11 is 0. The summed E-state index contributed by atoms with van der Waals surface area (Å²) in [7, 11) is 0. The van der Waals surface area contributed by atoms with Gasteiger partial charge in [-0.25, -0.2) is 14.6 Å². The number of nitrogens with zero attached hydrogens (tertiary/aromatic N) is 7.